The summed E-state index contributed by atoms with van der Waals surface area (Å²) in [6.45, 7) is 1.69. The lowest BCUT2D eigenvalue weighted by molar-refractivity contribution is 0.414. The summed E-state index contributed by atoms with van der Waals surface area (Å²) >= 11 is 0. The number of halogens is 2. The van der Waals surface area contributed by atoms with Crippen LogP contribution in [0.25, 0.3) is 0 Å². The Morgan fingerprint density at radius 1 is 1.33 bits per heavy atom. The summed E-state index contributed by atoms with van der Waals surface area (Å²) in [5.41, 5.74) is 2.58. The van der Waals surface area contributed by atoms with Crippen LogP contribution in [0.5, 0.6) is 11.6 Å². The lowest BCUT2D eigenvalue weighted by atomic mass is 10.3. The molecule has 7 heteroatoms. The maximum Gasteiger partial charge on any atom is 0.258 e. The van der Waals surface area contributed by atoms with Crippen LogP contribution >= 0.6 is 0 Å². The van der Waals surface area contributed by atoms with E-state index in [0.717, 1.165) is 0 Å². The van der Waals surface area contributed by atoms with Crippen LogP contribution in [0.3, 0.4) is 0 Å². The molecule has 0 spiro atoms. The minimum atomic E-state index is -0.922. The fourth-order valence-corrected chi connectivity index (χ4v) is 1.30. The average molecular weight is 252 g/mol. The monoisotopic (exact) mass is 252 g/mol. The maximum absolute atomic E-state index is 13.5. The van der Waals surface area contributed by atoms with Gasteiger partial charge in [0.1, 0.15) is 0 Å². The highest BCUT2D eigenvalue weighted by Gasteiger charge is 2.14. The van der Waals surface area contributed by atoms with Gasteiger partial charge >= 0.3 is 0 Å². The Labute approximate surface area is 102 Å². The van der Waals surface area contributed by atoms with Gasteiger partial charge in [0, 0.05) is 12.3 Å². The van der Waals surface area contributed by atoms with Crippen molar-refractivity contribution in [3.63, 3.8) is 0 Å². The Morgan fingerprint density at radius 2 is 2.11 bits per heavy atom. The molecule has 94 valence electrons. The van der Waals surface area contributed by atoms with Gasteiger partial charge in [0.15, 0.2) is 23.2 Å². The van der Waals surface area contributed by atoms with E-state index in [2.05, 4.69) is 9.97 Å². The van der Waals surface area contributed by atoms with Crippen molar-refractivity contribution in [2.75, 3.05) is 5.43 Å². The molecule has 2 heterocycles. The molecule has 0 saturated heterocycles. The van der Waals surface area contributed by atoms with Crippen LogP contribution in [0.1, 0.15) is 5.69 Å². The molecule has 2 aromatic heterocycles. The van der Waals surface area contributed by atoms with E-state index in [4.69, 9.17) is 10.6 Å². The molecule has 0 aliphatic heterocycles. The molecule has 0 aromatic carbocycles. The predicted molar refractivity (Wildman–Crippen MR) is 61.0 cm³/mol. The molecule has 2 aromatic rings. The fourth-order valence-electron chi connectivity index (χ4n) is 1.30. The molecule has 5 nitrogen and oxygen atoms in total. The van der Waals surface area contributed by atoms with Crippen LogP contribution in [0.15, 0.2) is 24.4 Å². The van der Waals surface area contributed by atoms with E-state index in [1.54, 1.807) is 25.3 Å². The summed E-state index contributed by atoms with van der Waals surface area (Å²) in [5, 5.41) is 0. The lowest BCUT2D eigenvalue weighted by Gasteiger charge is -2.09. The maximum atomic E-state index is 13.5. The highest BCUT2D eigenvalue weighted by molar-refractivity contribution is 5.40. The second-order valence-electron chi connectivity index (χ2n) is 3.44. The number of rotatable bonds is 3. The topological polar surface area (TPSA) is 73.1 Å². The molecule has 18 heavy (non-hydrogen) atoms. The molecule has 0 saturated carbocycles. The van der Waals surface area contributed by atoms with E-state index < -0.39 is 11.6 Å². The molecule has 0 bridgehead atoms. The van der Waals surface area contributed by atoms with Crippen molar-refractivity contribution in [2.45, 2.75) is 6.92 Å². The van der Waals surface area contributed by atoms with E-state index in [-0.39, 0.29) is 11.7 Å². The molecule has 0 aliphatic carbocycles. The van der Waals surface area contributed by atoms with E-state index >= 15 is 0 Å². The van der Waals surface area contributed by atoms with Crippen LogP contribution in [-0.2, 0) is 0 Å². The standard InChI is InChI=1S/C11H10F2N4O/c1-6-9(3-2-4-15-6)18-11-8(13)5-7(12)10(16-11)17-14/h2-5H,14H2,1H3,(H,16,17). The highest BCUT2D eigenvalue weighted by atomic mass is 19.1. The quantitative estimate of drug-likeness (QED) is 0.646. The van der Waals surface area contributed by atoms with Crippen molar-refractivity contribution in [1.82, 2.24) is 9.97 Å². The third kappa shape index (κ3) is 2.35. The van der Waals surface area contributed by atoms with Crippen LogP contribution in [-0.4, -0.2) is 9.97 Å². The van der Waals surface area contributed by atoms with Gasteiger partial charge in [0.25, 0.3) is 5.88 Å². The number of aromatic nitrogens is 2. The van der Waals surface area contributed by atoms with Gasteiger partial charge in [0.2, 0.25) is 0 Å². The molecular formula is C11H10F2N4O. The van der Waals surface area contributed by atoms with Gasteiger partial charge in [-0.15, -0.1) is 0 Å². The van der Waals surface area contributed by atoms with Crippen molar-refractivity contribution < 1.29 is 13.5 Å². The summed E-state index contributed by atoms with van der Waals surface area (Å²) in [6.07, 6.45) is 1.57. The summed E-state index contributed by atoms with van der Waals surface area (Å²) in [4.78, 5) is 7.57. The molecular weight excluding hydrogens is 242 g/mol. The summed E-state index contributed by atoms with van der Waals surface area (Å²) in [6, 6.07) is 3.87. The molecule has 0 aliphatic rings. The van der Waals surface area contributed by atoms with E-state index in [1.165, 1.54) is 0 Å². The third-order valence-corrected chi connectivity index (χ3v) is 2.20. The van der Waals surface area contributed by atoms with Gasteiger partial charge in [0.05, 0.1) is 5.69 Å². The molecule has 0 fully saturated rings. The number of nitrogens with one attached hydrogen (secondary N) is 1. The van der Waals surface area contributed by atoms with Crippen molar-refractivity contribution in [1.29, 1.82) is 0 Å². The van der Waals surface area contributed by atoms with Gasteiger partial charge in [-0.1, -0.05) is 0 Å². The second kappa shape index (κ2) is 4.92. The van der Waals surface area contributed by atoms with Gasteiger partial charge in [-0.3, -0.25) is 4.98 Å². The van der Waals surface area contributed by atoms with Crippen molar-refractivity contribution >= 4 is 5.82 Å². The Kier molecular flexibility index (Phi) is 3.33. The number of pyridine rings is 2. The smallest absolute Gasteiger partial charge is 0.258 e. The molecule has 0 radical (unpaired) electrons. The molecule has 2 rings (SSSR count). The normalized spacial score (nSPS) is 10.2. The fraction of sp³-hybridized carbons (Fsp3) is 0.0909. The Hall–Kier alpha value is -2.28. The summed E-state index contributed by atoms with van der Waals surface area (Å²) in [7, 11) is 0. The minimum Gasteiger partial charge on any atom is -0.434 e. The molecule has 0 atom stereocenters. The van der Waals surface area contributed by atoms with Crippen molar-refractivity contribution in [3.05, 3.63) is 41.7 Å². The molecule has 3 N–H and O–H groups in total. The number of hydrogen-bond donors (Lipinski definition) is 2. The summed E-state index contributed by atoms with van der Waals surface area (Å²) in [5.74, 6) is 2.89. The van der Waals surface area contributed by atoms with Gasteiger partial charge in [-0.05, 0) is 19.1 Å². The number of hydrazine groups is 1. The SMILES string of the molecule is Cc1ncccc1Oc1nc(NN)c(F)cc1F. The molecule has 0 amide bonds. The van der Waals surface area contributed by atoms with E-state index in [9.17, 15) is 8.78 Å². The number of nitrogens with two attached hydrogens (primary N) is 1. The van der Waals surface area contributed by atoms with Crippen molar-refractivity contribution in [2.24, 2.45) is 5.84 Å². The second-order valence-corrected chi connectivity index (χ2v) is 3.44. The van der Waals surface area contributed by atoms with E-state index in [0.29, 0.717) is 17.5 Å². The largest absolute Gasteiger partial charge is 0.434 e. The number of nitrogen functional groups attached to an aromatic ring is 1. The first kappa shape index (κ1) is 12.2. The first-order valence-electron chi connectivity index (χ1n) is 5.04. The van der Waals surface area contributed by atoms with Crippen LogP contribution in [0, 0.1) is 18.6 Å². The number of anilines is 1. The summed E-state index contributed by atoms with van der Waals surface area (Å²) < 4.78 is 31.8. The predicted octanol–water partition coefficient (Wildman–Crippen LogP) is 2.14. The van der Waals surface area contributed by atoms with Crippen LogP contribution in [0.2, 0.25) is 0 Å². The first-order chi connectivity index (χ1) is 8.61. The number of ether oxygens (including phenoxy) is 1. The van der Waals surface area contributed by atoms with E-state index in [1.807, 2.05) is 5.43 Å². The first-order valence-corrected chi connectivity index (χ1v) is 5.04. The zero-order valence-corrected chi connectivity index (χ0v) is 9.45. The lowest BCUT2D eigenvalue weighted by Crippen LogP contribution is -2.11. The minimum absolute atomic E-state index is 0.298. The third-order valence-electron chi connectivity index (χ3n) is 2.20. The Balaban J connectivity index is 2.38. The highest BCUT2D eigenvalue weighted by Crippen LogP contribution is 2.26. The average Bonchev–Trinajstić information content (AvgIpc) is 2.35. The zero-order valence-electron chi connectivity index (χ0n) is 9.45. The molecule has 0 unspecified atom stereocenters. The zero-order chi connectivity index (χ0) is 13.1. The van der Waals surface area contributed by atoms with Gasteiger partial charge < -0.3 is 10.2 Å². The Morgan fingerprint density at radius 3 is 2.78 bits per heavy atom. The van der Waals surface area contributed by atoms with Crippen molar-refractivity contribution in [3.8, 4) is 11.6 Å². The van der Waals surface area contributed by atoms with Crippen LogP contribution in [0.4, 0.5) is 14.6 Å². The van der Waals surface area contributed by atoms with Gasteiger partial charge in [-0.2, -0.15) is 4.98 Å². The Bertz CT molecular complexity index is 577. The number of hydrogen-bond acceptors (Lipinski definition) is 5. The van der Waals surface area contributed by atoms with Crippen LogP contribution < -0.4 is 16.0 Å². The number of nitrogens with zero attached hydrogens (tertiary/aromatic N) is 2. The van der Waals surface area contributed by atoms with Gasteiger partial charge in [-0.25, -0.2) is 14.6 Å². The number of aryl methyl sites for hydroxylation is 1.